The van der Waals surface area contributed by atoms with E-state index in [9.17, 15) is 4.79 Å². The molecule has 1 aliphatic carbocycles. The van der Waals surface area contributed by atoms with Crippen LogP contribution in [0, 0.1) is 5.92 Å². The number of hydrogen-bond donors (Lipinski definition) is 1. The number of carbonyl (C=O) groups excluding carboxylic acids is 1. The molecule has 1 aromatic rings. The molecule has 0 radical (unpaired) electrons. The van der Waals surface area contributed by atoms with Crippen molar-refractivity contribution in [1.82, 2.24) is 5.32 Å². The zero-order valence-electron chi connectivity index (χ0n) is 11.2. The van der Waals surface area contributed by atoms with Crippen LogP contribution in [0.25, 0.3) is 0 Å². The van der Waals surface area contributed by atoms with E-state index in [4.69, 9.17) is 0 Å². The van der Waals surface area contributed by atoms with Crippen LogP contribution in [0.4, 0.5) is 0 Å². The molecule has 2 nitrogen and oxygen atoms in total. The van der Waals surface area contributed by atoms with Crippen molar-refractivity contribution in [3.63, 3.8) is 0 Å². The summed E-state index contributed by atoms with van der Waals surface area (Å²) >= 11 is 5.35. The second kappa shape index (κ2) is 8.05. The van der Waals surface area contributed by atoms with E-state index in [1.54, 1.807) is 11.3 Å². The van der Waals surface area contributed by atoms with Crippen LogP contribution < -0.4 is 5.32 Å². The number of alkyl halides is 1. The van der Waals surface area contributed by atoms with Gasteiger partial charge in [-0.2, -0.15) is 0 Å². The fourth-order valence-electron chi connectivity index (χ4n) is 2.74. The number of halogens is 1. The Morgan fingerprint density at radius 2 is 2.26 bits per heavy atom. The Morgan fingerprint density at radius 1 is 1.42 bits per heavy atom. The first-order valence-corrected chi connectivity index (χ1v) is 9.17. The zero-order valence-corrected chi connectivity index (χ0v) is 13.6. The van der Waals surface area contributed by atoms with Crippen molar-refractivity contribution in [2.45, 2.75) is 51.0 Å². The minimum Gasteiger partial charge on any atom is -0.353 e. The standard InChI is InChI=1S/C15H22BrNOS/c16-11-12-5-1-2-8-14(12)17-15(18)9-3-6-13-7-4-10-19-13/h4,7,10,12,14H,1-3,5-6,8-9,11H2,(H,17,18). The Kier molecular flexibility index (Phi) is 6.38. The van der Waals surface area contributed by atoms with E-state index in [-0.39, 0.29) is 5.91 Å². The Morgan fingerprint density at radius 3 is 3.00 bits per heavy atom. The highest BCUT2D eigenvalue weighted by atomic mass is 79.9. The minimum absolute atomic E-state index is 0.231. The van der Waals surface area contributed by atoms with Crippen LogP contribution in [0.3, 0.4) is 0 Å². The molecule has 0 aliphatic heterocycles. The first kappa shape index (κ1) is 15.0. The molecule has 106 valence electrons. The Labute approximate surface area is 128 Å². The first-order chi connectivity index (χ1) is 9.29. The summed E-state index contributed by atoms with van der Waals surface area (Å²) < 4.78 is 0. The number of carbonyl (C=O) groups is 1. The number of nitrogens with one attached hydrogen (secondary N) is 1. The van der Waals surface area contributed by atoms with Gasteiger partial charge in [-0.15, -0.1) is 11.3 Å². The number of thiophene rings is 1. The summed E-state index contributed by atoms with van der Waals surface area (Å²) in [6.45, 7) is 0. The highest BCUT2D eigenvalue weighted by Crippen LogP contribution is 2.26. The Bertz CT molecular complexity index is 380. The summed E-state index contributed by atoms with van der Waals surface area (Å²) in [5.41, 5.74) is 0. The lowest BCUT2D eigenvalue weighted by molar-refractivity contribution is -0.122. The summed E-state index contributed by atoms with van der Waals surface area (Å²) in [7, 11) is 0. The smallest absolute Gasteiger partial charge is 0.220 e. The highest BCUT2D eigenvalue weighted by molar-refractivity contribution is 9.09. The molecule has 1 aliphatic rings. The molecular formula is C15H22BrNOS. The van der Waals surface area contributed by atoms with Crippen molar-refractivity contribution < 1.29 is 4.79 Å². The number of amides is 1. The molecule has 2 rings (SSSR count). The molecule has 1 saturated carbocycles. The van der Waals surface area contributed by atoms with Gasteiger partial charge in [0.2, 0.25) is 5.91 Å². The monoisotopic (exact) mass is 343 g/mol. The lowest BCUT2D eigenvalue weighted by Crippen LogP contribution is -2.42. The molecule has 4 heteroatoms. The maximum atomic E-state index is 12.0. The Balaban J connectivity index is 1.68. The average molecular weight is 344 g/mol. The third-order valence-electron chi connectivity index (χ3n) is 3.86. The number of aryl methyl sites for hydroxylation is 1. The van der Waals surface area contributed by atoms with E-state index in [0.29, 0.717) is 18.4 Å². The van der Waals surface area contributed by atoms with Crippen molar-refractivity contribution in [3.05, 3.63) is 22.4 Å². The topological polar surface area (TPSA) is 29.1 Å². The summed E-state index contributed by atoms with van der Waals surface area (Å²) in [5.74, 6) is 0.851. The molecule has 1 aromatic heterocycles. The largest absolute Gasteiger partial charge is 0.353 e. The SMILES string of the molecule is O=C(CCCc1cccs1)NC1CCCCC1CBr. The summed E-state index contributed by atoms with van der Waals surface area (Å²) in [5, 5.41) is 6.34. The molecule has 0 spiro atoms. The minimum atomic E-state index is 0.231. The van der Waals surface area contributed by atoms with Crippen molar-refractivity contribution in [1.29, 1.82) is 0 Å². The molecule has 0 saturated heterocycles. The van der Waals surface area contributed by atoms with Crippen LogP contribution in [0.5, 0.6) is 0 Å². The lowest BCUT2D eigenvalue weighted by atomic mass is 9.86. The van der Waals surface area contributed by atoms with Crippen LogP contribution >= 0.6 is 27.3 Å². The lowest BCUT2D eigenvalue weighted by Gasteiger charge is -2.31. The van der Waals surface area contributed by atoms with Crippen LogP contribution in [0.15, 0.2) is 17.5 Å². The van der Waals surface area contributed by atoms with Gasteiger partial charge in [-0.05, 0) is 43.0 Å². The van der Waals surface area contributed by atoms with Crippen LogP contribution in [0.1, 0.15) is 43.4 Å². The maximum Gasteiger partial charge on any atom is 0.220 e. The van der Waals surface area contributed by atoms with Gasteiger partial charge < -0.3 is 5.32 Å². The molecule has 1 heterocycles. The molecule has 1 fully saturated rings. The summed E-state index contributed by atoms with van der Waals surface area (Å²) in [4.78, 5) is 13.4. The first-order valence-electron chi connectivity index (χ1n) is 7.17. The predicted molar refractivity (Wildman–Crippen MR) is 84.9 cm³/mol. The molecule has 2 atom stereocenters. The second-order valence-corrected chi connectivity index (χ2v) is 6.99. The highest BCUT2D eigenvalue weighted by Gasteiger charge is 2.25. The second-order valence-electron chi connectivity index (χ2n) is 5.31. The van der Waals surface area contributed by atoms with Crippen molar-refractivity contribution in [3.8, 4) is 0 Å². The molecule has 2 unspecified atom stereocenters. The van der Waals surface area contributed by atoms with E-state index < -0.39 is 0 Å². The summed E-state index contributed by atoms with van der Waals surface area (Å²) in [6, 6.07) is 4.61. The van der Waals surface area contributed by atoms with Gasteiger partial charge >= 0.3 is 0 Å². The van der Waals surface area contributed by atoms with Gasteiger partial charge in [0.05, 0.1) is 0 Å². The van der Waals surface area contributed by atoms with Gasteiger partial charge in [0, 0.05) is 22.7 Å². The van der Waals surface area contributed by atoms with Crippen LogP contribution in [-0.4, -0.2) is 17.3 Å². The normalized spacial score (nSPS) is 23.2. The van der Waals surface area contributed by atoms with Crippen molar-refractivity contribution in [2.24, 2.45) is 5.92 Å². The van der Waals surface area contributed by atoms with Gasteiger partial charge in [0.15, 0.2) is 0 Å². The van der Waals surface area contributed by atoms with E-state index in [2.05, 4.69) is 38.8 Å². The molecule has 19 heavy (non-hydrogen) atoms. The van der Waals surface area contributed by atoms with Gasteiger partial charge in [-0.25, -0.2) is 0 Å². The van der Waals surface area contributed by atoms with E-state index in [1.807, 2.05) is 0 Å². The number of rotatable bonds is 6. The molecular weight excluding hydrogens is 322 g/mol. The van der Waals surface area contributed by atoms with E-state index in [1.165, 1.54) is 24.1 Å². The molecule has 0 bridgehead atoms. The third kappa shape index (κ3) is 4.92. The fraction of sp³-hybridized carbons (Fsp3) is 0.667. The molecule has 1 amide bonds. The zero-order chi connectivity index (χ0) is 13.5. The van der Waals surface area contributed by atoms with Crippen molar-refractivity contribution in [2.75, 3.05) is 5.33 Å². The van der Waals surface area contributed by atoms with E-state index >= 15 is 0 Å². The number of hydrogen-bond acceptors (Lipinski definition) is 2. The van der Waals surface area contributed by atoms with Gasteiger partial charge in [0.25, 0.3) is 0 Å². The third-order valence-corrected chi connectivity index (χ3v) is 5.63. The maximum absolute atomic E-state index is 12.0. The predicted octanol–water partition coefficient (Wildman–Crippen LogP) is 4.14. The van der Waals surface area contributed by atoms with Gasteiger partial charge in [-0.3, -0.25) is 4.79 Å². The van der Waals surface area contributed by atoms with Crippen LogP contribution in [-0.2, 0) is 11.2 Å². The Hall–Kier alpha value is -0.350. The van der Waals surface area contributed by atoms with Gasteiger partial charge in [-0.1, -0.05) is 34.8 Å². The van der Waals surface area contributed by atoms with Crippen molar-refractivity contribution >= 4 is 33.2 Å². The molecule has 0 aromatic carbocycles. The quantitative estimate of drug-likeness (QED) is 0.772. The van der Waals surface area contributed by atoms with Crippen LogP contribution in [0.2, 0.25) is 0 Å². The van der Waals surface area contributed by atoms with E-state index in [0.717, 1.165) is 24.6 Å². The average Bonchev–Trinajstić information content (AvgIpc) is 2.92. The fourth-order valence-corrected chi connectivity index (χ4v) is 4.27. The summed E-state index contributed by atoms with van der Waals surface area (Å²) in [6.07, 6.45) is 7.59. The molecule has 1 N–H and O–H groups in total. The van der Waals surface area contributed by atoms with Gasteiger partial charge in [0.1, 0.15) is 0 Å².